The molecule has 20 heavy (non-hydrogen) atoms. The van der Waals surface area contributed by atoms with Crippen LogP contribution in [0, 0.1) is 0 Å². The van der Waals surface area contributed by atoms with Crippen LogP contribution in [0.5, 0.6) is 5.88 Å². The standard InChI is InChI=1S/C15H24ClN3O/c1-12(2)20-15-11-17-10-14(18-15)19(9-8-16)13-6-4-3-5-7-13/h10-13H,3-9H2,1-2H3. The van der Waals surface area contributed by atoms with Crippen LogP contribution < -0.4 is 9.64 Å². The summed E-state index contributed by atoms with van der Waals surface area (Å²) in [7, 11) is 0. The molecule has 0 aromatic carbocycles. The molecule has 0 spiro atoms. The zero-order chi connectivity index (χ0) is 14.4. The van der Waals surface area contributed by atoms with Crippen LogP contribution >= 0.6 is 11.6 Å². The minimum absolute atomic E-state index is 0.107. The van der Waals surface area contributed by atoms with Crippen molar-refractivity contribution in [2.45, 2.75) is 58.1 Å². The summed E-state index contributed by atoms with van der Waals surface area (Å²) in [6.07, 6.45) is 9.95. The summed E-state index contributed by atoms with van der Waals surface area (Å²) in [5.74, 6) is 2.08. The lowest BCUT2D eigenvalue weighted by Gasteiger charge is -2.34. The normalized spacial score (nSPS) is 16.4. The number of hydrogen-bond donors (Lipinski definition) is 0. The monoisotopic (exact) mass is 297 g/mol. The van der Waals surface area contributed by atoms with Crippen molar-refractivity contribution in [1.82, 2.24) is 9.97 Å². The lowest BCUT2D eigenvalue weighted by Crippen LogP contribution is -2.39. The van der Waals surface area contributed by atoms with Gasteiger partial charge in [-0.2, -0.15) is 4.98 Å². The number of rotatable bonds is 6. The second-order valence-electron chi connectivity index (χ2n) is 5.56. The molecule has 0 amide bonds. The lowest BCUT2D eigenvalue weighted by atomic mass is 9.94. The van der Waals surface area contributed by atoms with Crippen LogP contribution in [0.4, 0.5) is 5.82 Å². The van der Waals surface area contributed by atoms with Gasteiger partial charge in [0.2, 0.25) is 5.88 Å². The summed E-state index contributed by atoms with van der Waals surface area (Å²) in [5, 5.41) is 0. The maximum atomic E-state index is 5.97. The highest BCUT2D eigenvalue weighted by Gasteiger charge is 2.22. The van der Waals surface area contributed by atoms with E-state index in [1.165, 1.54) is 32.1 Å². The summed E-state index contributed by atoms with van der Waals surface area (Å²) in [6.45, 7) is 4.80. The zero-order valence-corrected chi connectivity index (χ0v) is 13.1. The molecule has 0 unspecified atom stereocenters. The van der Waals surface area contributed by atoms with Crippen LogP contribution in [0.15, 0.2) is 12.4 Å². The molecule has 0 radical (unpaired) electrons. The minimum atomic E-state index is 0.107. The molecule has 0 saturated heterocycles. The fraction of sp³-hybridized carbons (Fsp3) is 0.733. The van der Waals surface area contributed by atoms with Gasteiger partial charge in [-0.3, -0.25) is 4.98 Å². The third kappa shape index (κ3) is 4.23. The molecular weight excluding hydrogens is 274 g/mol. The number of alkyl halides is 1. The van der Waals surface area contributed by atoms with E-state index in [0.717, 1.165) is 12.4 Å². The van der Waals surface area contributed by atoms with E-state index in [0.29, 0.717) is 17.8 Å². The van der Waals surface area contributed by atoms with E-state index in [4.69, 9.17) is 16.3 Å². The highest BCUT2D eigenvalue weighted by Crippen LogP contribution is 2.26. The van der Waals surface area contributed by atoms with Crippen LogP contribution in [0.3, 0.4) is 0 Å². The van der Waals surface area contributed by atoms with Crippen molar-refractivity contribution in [3.63, 3.8) is 0 Å². The fourth-order valence-corrected chi connectivity index (χ4v) is 2.93. The summed E-state index contributed by atoms with van der Waals surface area (Å²) < 4.78 is 5.64. The van der Waals surface area contributed by atoms with E-state index < -0.39 is 0 Å². The van der Waals surface area contributed by atoms with E-state index in [1.807, 2.05) is 20.0 Å². The average molecular weight is 298 g/mol. The fourth-order valence-electron chi connectivity index (χ4n) is 2.74. The molecule has 1 saturated carbocycles. The zero-order valence-electron chi connectivity index (χ0n) is 12.4. The SMILES string of the molecule is CC(C)Oc1cncc(N(CCCl)C2CCCCC2)n1. The van der Waals surface area contributed by atoms with Gasteiger partial charge < -0.3 is 9.64 Å². The first-order chi connectivity index (χ1) is 9.70. The molecule has 1 aromatic rings. The van der Waals surface area contributed by atoms with Gasteiger partial charge in [0.15, 0.2) is 5.82 Å². The van der Waals surface area contributed by atoms with Gasteiger partial charge in [-0.15, -0.1) is 11.6 Å². The number of ether oxygens (including phenoxy) is 1. The van der Waals surface area contributed by atoms with Gasteiger partial charge >= 0.3 is 0 Å². The first-order valence-electron chi connectivity index (χ1n) is 7.52. The predicted octanol–water partition coefficient (Wildman–Crippen LogP) is 3.64. The van der Waals surface area contributed by atoms with Crippen LogP contribution in [-0.2, 0) is 0 Å². The molecule has 0 bridgehead atoms. The largest absolute Gasteiger partial charge is 0.474 e. The third-order valence-corrected chi connectivity index (χ3v) is 3.76. The maximum absolute atomic E-state index is 5.97. The molecule has 5 heteroatoms. The number of anilines is 1. The quantitative estimate of drug-likeness (QED) is 0.751. The van der Waals surface area contributed by atoms with Crippen LogP contribution in [-0.4, -0.2) is 34.5 Å². The number of hydrogen-bond acceptors (Lipinski definition) is 4. The van der Waals surface area contributed by atoms with Crippen LogP contribution in [0.25, 0.3) is 0 Å². The molecule has 0 atom stereocenters. The number of halogens is 1. The van der Waals surface area contributed by atoms with E-state index in [-0.39, 0.29) is 6.10 Å². The van der Waals surface area contributed by atoms with Crippen LogP contribution in [0.2, 0.25) is 0 Å². The van der Waals surface area contributed by atoms with E-state index in [1.54, 1.807) is 6.20 Å². The van der Waals surface area contributed by atoms with Crippen molar-refractivity contribution in [3.05, 3.63) is 12.4 Å². The Kier molecular flexibility index (Phi) is 5.89. The van der Waals surface area contributed by atoms with Gasteiger partial charge in [0, 0.05) is 18.5 Å². The molecule has 0 N–H and O–H groups in total. The predicted molar refractivity (Wildman–Crippen MR) is 82.7 cm³/mol. The van der Waals surface area contributed by atoms with E-state index >= 15 is 0 Å². The number of aromatic nitrogens is 2. The molecule has 1 fully saturated rings. The molecule has 4 nitrogen and oxygen atoms in total. The Morgan fingerprint density at radius 2 is 2.05 bits per heavy atom. The molecule has 0 aliphatic heterocycles. The summed E-state index contributed by atoms with van der Waals surface area (Å²) in [5.41, 5.74) is 0. The molecule has 2 rings (SSSR count). The van der Waals surface area contributed by atoms with Crippen molar-refractivity contribution in [2.24, 2.45) is 0 Å². The molecule has 1 aromatic heterocycles. The van der Waals surface area contributed by atoms with Gasteiger partial charge in [-0.25, -0.2) is 0 Å². The molecule has 1 aliphatic rings. The second-order valence-corrected chi connectivity index (χ2v) is 5.93. The van der Waals surface area contributed by atoms with Crippen LogP contribution in [0.1, 0.15) is 46.0 Å². The average Bonchev–Trinajstić information content (AvgIpc) is 2.45. The summed E-state index contributed by atoms with van der Waals surface area (Å²) in [4.78, 5) is 11.2. The van der Waals surface area contributed by atoms with Crippen molar-refractivity contribution >= 4 is 17.4 Å². The Bertz CT molecular complexity index is 408. The van der Waals surface area contributed by atoms with Gasteiger partial charge in [-0.1, -0.05) is 19.3 Å². The molecular formula is C15H24ClN3O. The molecule has 1 aliphatic carbocycles. The summed E-state index contributed by atoms with van der Waals surface area (Å²) >= 11 is 5.97. The molecule has 1 heterocycles. The Morgan fingerprint density at radius 3 is 2.70 bits per heavy atom. The smallest absolute Gasteiger partial charge is 0.234 e. The van der Waals surface area contributed by atoms with Crippen molar-refractivity contribution in [3.8, 4) is 5.88 Å². The second kappa shape index (κ2) is 7.67. The third-order valence-electron chi connectivity index (χ3n) is 3.59. The molecule has 112 valence electrons. The topological polar surface area (TPSA) is 38.2 Å². The lowest BCUT2D eigenvalue weighted by molar-refractivity contribution is 0.231. The van der Waals surface area contributed by atoms with Crippen molar-refractivity contribution in [2.75, 3.05) is 17.3 Å². The van der Waals surface area contributed by atoms with Crippen molar-refractivity contribution < 1.29 is 4.74 Å². The van der Waals surface area contributed by atoms with E-state index in [2.05, 4.69) is 14.9 Å². The maximum Gasteiger partial charge on any atom is 0.234 e. The van der Waals surface area contributed by atoms with Gasteiger partial charge in [0.1, 0.15) is 0 Å². The minimum Gasteiger partial charge on any atom is -0.474 e. The van der Waals surface area contributed by atoms with Gasteiger partial charge in [0.25, 0.3) is 0 Å². The Morgan fingerprint density at radius 1 is 1.30 bits per heavy atom. The highest BCUT2D eigenvalue weighted by atomic mass is 35.5. The first-order valence-corrected chi connectivity index (χ1v) is 8.05. The highest BCUT2D eigenvalue weighted by molar-refractivity contribution is 6.18. The van der Waals surface area contributed by atoms with Gasteiger partial charge in [-0.05, 0) is 26.7 Å². The first kappa shape index (κ1) is 15.4. The Balaban J connectivity index is 2.15. The Hall–Kier alpha value is -1.03. The van der Waals surface area contributed by atoms with E-state index in [9.17, 15) is 0 Å². The van der Waals surface area contributed by atoms with Crippen molar-refractivity contribution in [1.29, 1.82) is 0 Å². The Labute approximate surface area is 126 Å². The van der Waals surface area contributed by atoms with Gasteiger partial charge in [0.05, 0.1) is 18.5 Å². The summed E-state index contributed by atoms with van der Waals surface area (Å²) in [6, 6.07) is 0.533. The number of nitrogens with zero attached hydrogens (tertiary/aromatic N) is 3.